The second-order valence-electron chi connectivity index (χ2n) is 4.13. The summed E-state index contributed by atoms with van der Waals surface area (Å²) in [5, 5.41) is 3.37. The van der Waals surface area contributed by atoms with Crippen LogP contribution in [-0.2, 0) is 4.79 Å². The lowest BCUT2D eigenvalue weighted by Gasteiger charge is -2.13. The number of carbonyl (C=O) groups is 1. The van der Waals surface area contributed by atoms with Crippen LogP contribution in [0, 0.1) is 0 Å². The topological polar surface area (TPSA) is 65.5 Å². The molecule has 90 valence electrons. The highest BCUT2D eigenvalue weighted by Crippen LogP contribution is 2.27. The maximum atomic E-state index is 10.9. The average Bonchev–Trinajstić information content (AvgIpc) is 2.43. The third-order valence-electron chi connectivity index (χ3n) is 2.44. The van der Waals surface area contributed by atoms with E-state index in [4.69, 9.17) is 0 Å². The Labute approximate surface area is 100 Å². The first-order valence-corrected chi connectivity index (χ1v) is 5.61. The number of anilines is 1. The molecule has 5 nitrogen and oxygen atoms in total. The lowest BCUT2D eigenvalue weighted by Crippen LogP contribution is -2.41. The molecule has 0 bridgehead atoms. The highest BCUT2D eigenvalue weighted by Gasteiger charge is 2.14. The van der Waals surface area contributed by atoms with Crippen molar-refractivity contribution >= 4 is 23.1 Å². The van der Waals surface area contributed by atoms with Crippen LogP contribution < -0.4 is 16.2 Å². The van der Waals surface area contributed by atoms with Gasteiger partial charge in [-0.25, -0.2) is 4.99 Å². The van der Waals surface area contributed by atoms with Crippen LogP contribution in [-0.4, -0.2) is 17.8 Å². The van der Waals surface area contributed by atoms with Crippen molar-refractivity contribution in [3.05, 3.63) is 24.3 Å². The number of benzene rings is 1. The second-order valence-corrected chi connectivity index (χ2v) is 4.13. The van der Waals surface area contributed by atoms with Gasteiger partial charge in [0, 0.05) is 19.4 Å². The number of hydrogen-bond acceptors (Lipinski definition) is 4. The molecule has 1 aromatic carbocycles. The molecule has 1 aliphatic heterocycles. The van der Waals surface area contributed by atoms with Gasteiger partial charge in [-0.1, -0.05) is 12.1 Å². The number of fused-ring (bicyclic) bond motifs is 1. The molecule has 3 N–H and O–H groups in total. The molecule has 0 saturated heterocycles. The number of carbonyl (C=O) groups excluding carboxylic acids is 1. The van der Waals surface area contributed by atoms with Crippen LogP contribution in [0.1, 0.15) is 20.3 Å². The zero-order valence-electron chi connectivity index (χ0n) is 9.95. The molecule has 2 rings (SSSR count). The molecule has 0 fully saturated rings. The fourth-order valence-corrected chi connectivity index (χ4v) is 1.73. The van der Waals surface area contributed by atoms with Gasteiger partial charge in [0.25, 0.3) is 0 Å². The van der Waals surface area contributed by atoms with E-state index < -0.39 is 0 Å². The van der Waals surface area contributed by atoms with E-state index >= 15 is 0 Å². The summed E-state index contributed by atoms with van der Waals surface area (Å²) in [6, 6.07) is 8.11. The molecule has 0 saturated carbocycles. The fraction of sp³-hybridized carbons (Fsp3) is 0.333. The zero-order valence-corrected chi connectivity index (χ0v) is 9.95. The molecule has 5 heteroatoms. The molecule has 1 amide bonds. The summed E-state index contributed by atoms with van der Waals surface area (Å²) in [4.78, 5) is 15.3. The highest BCUT2D eigenvalue weighted by atomic mass is 16.2. The number of aliphatic imine (C=N–C) groups is 1. The molecular formula is C12H16N4O. The summed E-state index contributed by atoms with van der Waals surface area (Å²) in [7, 11) is 0. The van der Waals surface area contributed by atoms with Crippen molar-refractivity contribution < 1.29 is 4.79 Å². The third-order valence-corrected chi connectivity index (χ3v) is 2.44. The molecule has 1 aromatic rings. The van der Waals surface area contributed by atoms with E-state index in [0.29, 0.717) is 0 Å². The Kier molecular flexibility index (Phi) is 3.27. The Morgan fingerprint density at radius 3 is 3.00 bits per heavy atom. The summed E-state index contributed by atoms with van der Waals surface area (Å²) in [5.41, 5.74) is 7.28. The van der Waals surface area contributed by atoms with Crippen molar-refractivity contribution in [1.29, 1.82) is 0 Å². The molecule has 0 radical (unpaired) electrons. The Balaban J connectivity index is 2.22. The van der Waals surface area contributed by atoms with Crippen LogP contribution in [0.5, 0.6) is 0 Å². The number of nitrogens with zero attached hydrogens (tertiary/aromatic N) is 1. The number of amidine groups is 1. The lowest BCUT2D eigenvalue weighted by molar-refractivity contribution is -0.119. The van der Waals surface area contributed by atoms with Gasteiger partial charge in [-0.05, 0) is 19.1 Å². The first kappa shape index (κ1) is 11.4. The predicted molar refractivity (Wildman–Crippen MR) is 68.2 cm³/mol. The summed E-state index contributed by atoms with van der Waals surface area (Å²) in [5.74, 6) is 0.621. The maximum absolute atomic E-state index is 10.9. The molecule has 0 spiro atoms. The largest absolute Gasteiger partial charge is 0.380 e. The minimum Gasteiger partial charge on any atom is -0.380 e. The van der Waals surface area contributed by atoms with E-state index in [2.05, 4.69) is 28.1 Å². The first-order valence-electron chi connectivity index (χ1n) is 5.61. The predicted octanol–water partition coefficient (Wildman–Crippen LogP) is 1.56. The number of nitrogens with one attached hydrogen (secondary N) is 3. The Morgan fingerprint density at radius 2 is 2.24 bits per heavy atom. The lowest BCUT2D eigenvalue weighted by atomic mass is 10.2. The number of para-hydroxylation sites is 2. The van der Waals surface area contributed by atoms with Crippen LogP contribution >= 0.6 is 0 Å². The summed E-state index contributed by atoms with van der Waals surface area (Å²) in [6.07, 6.45) is 0.731. The quantitative estimate of drug-likeness (QED) is 0.595. The summed E-state index contributed by atoms with van der Waals surface area (Å²) in [6.45, 7) is 3.53. The molecule has 1 heterocycles. The number of hydrazine groups is 1. The first-order chi connectivity index (χ1) is 8.15. The molecule has 0 aliphatic carbocycles. The van der Waals surface area contributed by atoms with Crippen molar-refractivity contribution in [3.8, 4) is 0 Å². The minimum absolute atomic E-state index is 0.133. The van der Waals surface area contributed by atoms with Crippen molar-refractivity contribution in [3.63, 3.8) is 0 Å². The van der Waals surface area contributed by atoms with Crippen LogP contribution in [0.15, 0.2) is 29.3 Å². The van der Waals surface area contributed by atoms with Crippen LogP contribution in [0.2, 0.25) is 0 Å². The third kappa shape index (κ3) is 2.96. The monoisotopic (exact) mass is 232 g/mol. The number of rotatable bonds is 0. The van der Waals surface area contributed by atoms with Gasteiger partial charge in [-0.2, -0.15) is 0 Å². The molecule has 17 heavy (non-hydrogen) atoms. The number of amides is 1. The standard InChI is InChI=1S/C12H16N4O/c1-8-7-12(16-15-9(2)17)14-11-6-4-3-5-10(11)13-8/h3-6,8,13H,7H2,1-2H3,(H,14,16)(H,15,17). The van der Waals surface area contributed by atoms with E-state index in [9.17, 15) is 4.79 Å². The van der Waals surface area contributed by atoms with E-state index in [1.807, 2.05) is 24.3 Å². The SMILES string of the molecule is CC(=O)NNC1=Nc2ccccc2NC(C)C1. The van der Waals surface area contributed by atoms with Gasteiger partial charge in [0.15, 0.2) is 0 Å². The van der Waals surface area contributed by atoms with Gasteiger partial charge in [-0.15, -0.1) is 0 Å². The van der Waals surface area contributed by atoms with Gasteiger partial charge >= 0.3 is 0 Å². The fourth-order valence-electron chi connectivity index (χ4n) is 1.73. The zero-order chi connectivity index (χ0) is 12.3. The summed E-state index contributed by atoms with van der Waals surface area (Å²) >= 11 is 0. The highest BCUT2D eigenvalue weighted by molar-refractivity contribution is 5.90. The van der Waals surface area contributed by atoms with Gasteiger partial charge in [0.1, 0.15) is 5.84 Å². The van der Waals surface area contributed by atoms with Crippen molar-refractivity contribution in [2.45, 2.75) is 26.3 Å². The second kappa shape index (κ2) is 4.86. The Morgan fingerprint density at radius 1 is 1.47 bits per heavy atom. The van der Waals surface area contributed by atoms with E-state index in [1.165, 1.54) is 6.92 Å². The van der Waals surface area contributed by atoms with Crippen LogP contribution in [0.25, 0.3) is 0 Å². The normalized spacial score (nSPS) is 18.2. The Bertz CT molecular complexity index is 456. The van der Waals surface area contributed by atoms with E-state index in [0.717, 1.165) is 23.6 Å². The van der Waals surface area contributed by atoms with Gasteiger partial charge in [-0.3, -0.25) is 15.6 Å². The van der Waals surface area contributed by atoms with Gasteiger partial charge in [0.2, 0.25) is 5.91 Å². The smallest absolute Gasteiger partial charge is 0.235 e. The summed E-state index contributed by atoms with van der Waals surface area (Å²) < 4.78 is 0. The van der Waals surface area contributed by atoms with Crippen molar-refractivity contribution in [2.75, 3.05) is 5.32 Å². The number of hydrogen-bond donors (Lipinski definition) is 3. The van der Waals surface area contributed by atoms with Gasteiger partial charge < -0.3 is 5.32 Å². The van der Waals surface area contributed by atoms with E-state index in [1.54, 1.807) is 0 Å². The minimum atomic E-state index is -0.133. The van der Waals surface area contributed by atoms with E-state index in [-0.39, 0.29) is 11.9 Å². The molecule has 1 unspecified atom stereocenters. The van der Waals surface area contributed by atoms with Gasteiger partial charge in [0.05, 0.1) is 11.4 Å². The average molecular weight is 232 g/mol. The molecule has 1 atom stereocenters. The molecule has 0 aromatic heterocycles. The van der Waals surface area contributed by atoms with Crippen LogP contribution in [0.3, 0.4) is 0 Å². The molecule has 1 aliphatic rings. The van der Waals surface area contributed by atoms with Crippen molar-refractivity contribution in [2.24, 2.45) is 4.99 Å². The maximum Gasteiger partial charge on any atom is 0.235 e. The van der Waals surface area contributed by atoms with Crippen molar-refractivity contribution in [1.82, 2.24) is 10.9 Å². The molecular weight excluding hydrogens is 216 g/mol. The van der Waals surface area contributed by atoms with Crippen LogP contribution in [0.4, 0.5) is 11.4 Å². The Hall–Kier alpha value is -2.04.